The van der Waals surface area contributed by atoms with Crippen LogP contribution in [0.25, 0.3) is 0 Å². The first kappa shape index (κ1) is 27.0. The van der Waals surface area contributed by atoms with Crippen molar-refractivity contribution in [1.29, 1.82) is 0 Å². The van der Waals surface area contributed by atoms with E-state index in [4.69, 9.17) is 14.2 Å². The second kappa shape index (κ2) is 12.9. The van der Waals surface area contributed by atoms with E-state index in [9.17, 15) is 17.6 Å². The molecule has 0 aliphatic carbocycles. The monoisotopic (exact) mass is 516 g/mol. The minimum atomic E-state index is -3.83. The summed E-state index contributed by atoms with van der Waals surface area (Å²) in [5.41, 5.74) is 2.00. The van der Waals surface area contributed by atoms with Crippen LogP contribution in [-0.2, 0) is 32.6 Å². The number of halogens is 1. The second-order valence-corrected chi connectivity index (χ2v) is 9.55. The lowest BCUT2D eigenvalue weighted by atomic mass is 10.1. The average Bonchev–Trinajstić information content (AvgIpc) is 2.87. The van der Waals surface area contributed by atoms with Crippen LogP contribution < -0.4 is 19.5 Å². The molecule has 0 aromatic heterocycles. The van der Waals surface area contributed by atoms with Gasteiger partial charge in [0.15, 0.2) is 11.5 Å². The Bertz CT molecular complexity index is 1250. The smallest absolute Gasteiger partial charge is 0.262 e. The molecule has 2 N–H and O–H groups in total. The topological polar surface area (TPSA) is 103 Å². The van der Waals surface area contributed by atoms with E-state index in [1.807, 2.05) is 0 Å². The number of rotatable bonds is 13. The van der Waals surface area contributed by atoms with Crippen LogP contribution in [0.5, 0.6) is 11.5 Å². The van der Waals surface area contributed by atoms with Crippen molar-refractivity contribution in [2.24, 2.45) is 0 Å². The second-order valence-electron chi connectivity index (χ2n) is 7.86. The minimum absolute atomic E-state index is 0.0883. The molecule has 0 saturated carbocycles. The first-order valence-corrected chi connectivity index (χ1v) is 12.7. The van der Waals surface area contributed by atoms with Crippen LogP contribution in [0.1, 0.15) is 17.5 Å². The average molecular weight is 517 g/mol. The summed E-state index contributed by atoms with van der Waals surface area (Å²) in [6.45, 7) is 0.591. The van der Waals surface area contributed by atoms with Crippen LogP contribution in [0.4, 0.5) is 10.1 Å². The molecule has 192 valence electrons. The molecule has 0 heterocycles. The Hall–Kier alpha value is -3.63. The number of carbonyl (C=O) groups excluding carboxylic acids is 1. The molecule has 0 aliphatic heterocycles. The summed E-state index contributed by atoms with van der Waals surface area (Å²) >= 11 is 0. The number of benzene rings is 3. The van der Waals surface area contributed by atoms with Crippen LogP contribution in [0, 0.1) is 5.82 Å². The Morgan fingerprint density at radius 1 is 0.917 bits per heavy atom. The predicted octanol–water partition coefficient (Wildman–Crippen LogP) is 3.91. The molecule has 3 aromatic rings. The number of sulfonamides is 1. The van der Waals surface area contributed by atoms with Crippen LogP contribution in [0.2, 0.25) is 0 Å². The Morgan fingerprint density at radius 2 is 1.61 bits per heavy atom. The highest BCUT2D eigenvalue weighted by Gasteiger charge is 2.18. The zero-order chi connectivity index (χ0) is 26.0. The van der Waals surface area contributed by atoms with Gasteiger partial charge in [-0.25, -0.2) is 12.8 Å². The number of carbonyl (C=O) groups is 1. The molecule has 0 radical (unpaired) electrons. The molecule has 10 heteroatoms. The van der Waals surface area contributed by atoms with Crippen LogP contribution in [0.3, 0.4) is 0 Å². The molecule has 36 heavy (non-hydrogen) atoms. The Kier molecular flexibility index (Phi) is 9.66. The van der Waals surface area contributed by atoms with Crippen molar-refractivity contribution in [3.63, 3.8) is 0 Å². The highest BCUT2D eigenvalue weighted by Crippen LogP contribution is 2.35. The molecule has 0 fully saturated rings. The predicted molar refractivity (Wildman–Crippen MR) is 134 cm³/mol. The van der Waals surface area contributed by atoms with E-state index in [1.165, 1.54) is 38.5 Å². The van der Waals surface area contributed by atoms with Gasteiger partial charge in [-0.1, -0.05) is 30.3 Å². The van der Waals surface area contributed by atoms with Crippen molar-refractivity contribution < 1.29 is 31.8 Å². The van der Waals surface area contributed by atoms with Gasteiger partial charge in [-0.2, -0.15) is 0 Å². The number of methoxy groups -OCH3 is 2. The summed E-state index contributed by atoms with van der Waals surface area (Å²) in [4.78, 5) is 12.0. The van der Waals surface area contributed by atoms with Gasteiger partial charge in [0.1, 0.15) is 12.4 Å². The number of nitrogens with one attached hydrogen (secondary N) is 2. The van der Waals surface area contributed by atoms with Crippen LogP contribution in [0.15, 0.2) is 71.6 Å². The zero-order valence-corrected chi connectivity index (χ0v) is 20.9. The van der Waals surface area contributed by atoms with Gasteiger partial charge in [-0.05, 0) is 60.4 Å². The van der Waals surface area contributed by atoms with Crippen molar-refractivity contribution in [3.05, 3.63) is 83.7 Å². The fourth-order valence-electron chi connectivity index (χ4n) is 3.42. The maximum absolute atomic E-state index is 12.9. The van der Waals surface area contributed by atoms with E-state index >= 15 is 0 Å². The molecule has 0 spiro atoms. The molecule has 3 rings (SSSR count). The Morgan fingerprint density at radius 3 is 2.28 bits per heavy atom. The highest BCUT2D eigenvalue weighted by molar-refractivity contribution is 7.92. The fraction of sp³-hybridized carbons (Fsp3) is 0.269. The van der Waals surface area contributed by atoms with Gasteiger partial charge in [-0.15, -0.1) is 0 Å². The molecule has 0 bridgehead atoms. The van der Waals surface area contributed by atoms with Crippen LogP contribution >= 0.6 is 0 Å². The Labute approximate surface area is 210 Å². The van der Waals surface area contributed by atoms with E-state index in [1.54, 1.807) is 42.5 Å². The first-order valence-electron chi connectivity index (χ1n) is 11.2. The van der Waals surface area contributed by atoms with Gasteiger partial charge >= 0.3 is 0 Å². The SMILES string of the molecule is COc1cccc(NS(=O)(=O)c2ccc(CCCNC(=O)COCc3ccc(F)cc3)cc2)c1OC. The van der Waals surface area contributed by atoms with Gasteiger partial charge in [0, 0.05) is 6.54 Å². The van der Waals surface area contributed by atoms with Gasteiger partial charge in [-0.3, -0.25) is 9.52 Å². The lowest BCUT2D eigenvalue weighted by molar-refractivity contribution is -0.126. The molecule has 0 aliphatic rings. The number of hydrogen-bond donors (Lipinski definition) is 2. The quantitative estimate of drug-likeness (QED) is 0.334. The number of amides is 1. The molecule has 0 atom stereocenters. The lowest BCUT2D eigenvalue weighted by Crippen LogP contribution is -2.28. The van der Waals surface area contributed by atoms with Crippen molar-refractivity contribution in [1.82, 2.24) is 5.32 Å². The normalized spacial score (nSPS) is 11.1. The van der Waals surface area contributed by atoms with Gasteiger partial charge < -0.3 is 19.5 Å². The van der Waals surface area contributed by atoms with Crippen molar-refractivity contribution in [3.8, 4) is 11.5 Å². The van der Waals surface area contributed by atoms with E-state index in [0.29, 0.717) is 30.9 Å². The molecule has 8 nitrogen and oxygen atoms in total. The number of para-hydroxylation sites is 1. The maximum atomic E-state index is 12.9. The lowest BCUT2D eigenvalue weighted by Gasteiger charge is -2.14. The van der Waals surface area contributed by atoms with E-state index in [2.05, 4.69) is 10.0 Å². The van der Waals surface area contributed by atoms with E-state index in [0.717, 1.165) is 11.1 Å². The van der Waals surface area contributed by atoms with Gasteiger partial charge in [0.2, 0.25) is 5.91 Å². The molecule has 1 amide bonds. The Balaban J connectivity index is 1.43. The van der Waals surface area contributed by atoms with Crippen LogP contribution in [-0.4, -0.2) is 41.7 Å². The third-order valence-electron chi connectivity index (χ3n) is 5.26. The molecule has 0 unspecified atom stereocenters. The fourth-order valence-corrected chi connectivity index (χ4v) is 4.48. The minimum Gasteiger partial charge on any atom is -0.493 e. The van der Waals surface area contributed by atoms with Crippen molar-refractivity contribution in [2.45, 2.75) is 24.3 Å². The zero-order valence-electron chi connectivity index (χ0n) is 20.1. The third-order valence-corrected chi connectivity index (χ3v) is 6.64. The maximum Gasteiger partial charge on any atom is 0.262 e. The molecular formula is C26H29FN2O6S. The first-order chi connectivity index (χ1) is 17.3. The van der Waals surface area contributed by atoms with Gasteiger partial charge in [0.25, 0.3) is 10.0 Å². The molecule has 0 saturated heterocycles. The standard InChI is InChI=1S/C26H29FN2O6S/c1-33-24-7-3-6-23(26(24)34-2)29-36(31,32)22-14-10-19(11-15-22)5-4-16-28-25(30)18-35-17-20-8-12-21(27)13-9-20/h3,6-15,29H,4-5,16-18H2,1-2H3,(H,28,30). The van der Waals surface area contributed by atoms with Crippen molar-refractivity contribution >= 4 is 21.6 Å². The molecule has 3 aromatic carbocycles. The summed E-state index contributed by atoms with van der Waals surface area (Å²) < 4.78 is 56.9. The number of hydrogen-bond acceptors (Lipinski definition) is 6. The third kappa shape index (κ3) is 7.69. The number of anilines is 1. The highest BCUT2D eigenvalue weighted by atomic mass is 32.2. The summed E-state index contributed by atoms with van der Waals surface area (Å²) in [6, 6.07) is 17.4. The van der Waals surface area contributed by atoms with E-state index < -0.39 is 10.0 Å². The molecular weight excluding hydrogens is 487 g/mol. The summed E-state index contributed by atoms with van der Waals surface area (Å²) in [7, 11) is -0.915. The van der Waals surface area contributed by atoms with E-state index in [-0.39, 0.29) is 35.5 Å². The number of ether oxygens (including phenoxy) is 3. The van der Waals surface area contributed by atoms with Gasteiger partial charge in [0.05, 0.1) is 31.4 Å². The number of aryl methyl sites for hydroxylation is 1. The summed E-state index contributed by atoms with van der Waals surface area (Å²) in [6.07, 6.45) is 1.34. The summed E-state index contributed by atoms with van der Waals surface area (Å²) in [5.74, 6) is 0.151. The summed E-state index contributed by atoms with van der Waals surface area (Å²) in [5, 5.41) is 2.78. The largest absolute Gasteiger partial charge is 0.493 e. The van der Waals surface area contributed by atoms with Crippen molar-refractivity contribution in [2.75, 3.05) is 32.1 Å².